The van der Waals surface area contributed by atoms with Crippen molar-refractivity contribution in [3.8, 4) is 11.5 Å². The van der Waals surface area contributed by atoms with E-state index >= 15 is 0 Å². The van der Waals surface area contributed by atoms with Gasteiger partial charge in [0.2, 0.25) is 0 Å². The lowest BCUT2D eigenvalue weighted by molar-refractivity contribution is 0.482. The fourth-order valence-electron chi connectivity index (χ4n) is 2.15. The van der Waals surface area contributed by atoms with Crippen molar-refractivity contribution in [2.45, 2.75) is 26.7 Å². The molecule has 0 aromatic heterocycles. The molecule has 0 bridgehead atoms. The summed E-state index contributed by atoms with van der Waals surface area (Å²) in [6, 6.07) is 9.22. The third-order valence-electron chi connectivity index (χ3n) is 3.10. The van der Waals surface area contributed by atoms with Gasteiger partial charge in [0.05, 0.1) is 10.0 Å². The Morgan fingerprint density at radius 3 is 2.15 bits per heavy atom. The van der Waals surface area contributed by atoms with Crippen LogP contribution in [0.3, 0.4) is 0 Å². The fourth-order valence-corrected chi connectivity index (χ4v) is 2.74. The number of anilines is 1. The first-order chi connectivity index (χ1) is 9.38. The van der Waals surface area contributed by atoms with E-state index in [1.54, 1.807) is 12.1 Å². The van der Waals surface area contributed by atoms with Gasteiger partial charge in [0, 0.05) is 5.69 Å². The van der Waals surface area contributed by atoms with Crippen molar-refractivity contribution in [1.29, 1.82) is 0 Å². The molecule has 106 valence electrons. The Hall–Kier alpha value is -1.38. The highest BCUT2D eigenvalue weighted by Crippen LogP contribution is 2.38. The van der Waals surface area contributed by atoms with Gasteiger partial charge in [-0.25, -0.2) is 0 Å². The minimum Gasteiger partial charge on any atom is -0.454 e. The molecule has 0 atom stereocenters. The summed E-state index contributed by atoms with van der Waals surface area (Å²) in [5, 5.41) is 0.807. The molecule has 2 N–H and O–H groups in total. The monoisotopic (exact) mass is 309 g/mol. The van der Waals surface area contributed by atoms with Crippen molar-refractivity contribution in [2.24, 2.45) is 0 Å². The Bertz CT molecular complexity index is 615. The van der Waals surface area contributed by atoms with Gasteiger partial charge in [-0.3, -0.25) is 0 Å². The number of rotatable bonds is 3. The van der Waals surface area contributed by atoms with Crippen LogP contribution in [0, 0.1) is 6.92 Å². The maximum absolute atomic E-state index is 6.12. The van der Waals surface area contributed by atoms with Gasteiger partial charge in [-0.1, -0.05) is 43.1 Å². The second-order valence-corrected chi connectivity index (χ2v) is 5.90. The molecule has 0 aliphatic rings. The van der Waals surface area contributed by atoms with E-state index < -0.39 is 0 Å². The summed E-state index contributed by atoms with van der Waals surface area (Å²) in [5.41, 5.74) is 8.67. The molecule has 0 amide bonds. The minimum atomic E-state index is 0.403. The summed E-state index contributed by atoms with van der Waals surface area (Å²) in [6.45, 7) is 6.39. The first-order valence-electron chi connectivity index (χ1n) is 6.41. The van der Waals surface area contributed by atoms with Crippen molar-refractivity contribution in [3.63, 3.8) is 0 Å². The topological polar surface area (TPSA) is 35.2 Å². The van der Waals surface area contributed by atoms with Crippen molar-refractivity contribution < 1.29 is 4.74 Å². The SMILES string of the molecule is Cc1cc(Oc2c(Cl)cc(N)cc2Cl)ccc1C(C)C. The molecule has 0 aliphatic heterocycles. The molecule has 0 aliphatic carbocycles. The van der Waals surface area contributed by atoms with Gasteiger partial charge in [0.1, 0.15) is 5.75 Å². The first kappa shape index (κ1) is 15.0. The third-order valence-corrected chi connectivity index (χ3v) is 3.67. The highest BCUT2D eigenvalue weighted by Gasteiger charge is 2.11. The Morgan fingerprint density at radius 1 is 1.05 bits per heavy atom. The zero-order valence-corrected chi connectivity index (χ0v) is 13.2. The fraction of sp³-hybridized carbons (Fsp3) is 0.250. The quantitative estimate of drug-likeness (QED) is 0.727. The summed E-state index contributed by atoms with van der Waals surface area (Å²) in [4.78, 5) is 0. The molecule has 0 unspecified atom stereocenters. The van der Waals surface area contributed by atoms with E-state index in [0.717, 1.165) is 0 Å². The molecule has 2 aromatic rings. The van der Waals surface area contributed by atoms with Crippen LogP contribution in [0.4, 0.5) is 5.69 Å². The molecule has 2 rings (SSSR count). The Morgan fingerprint density at radius 2 is 1.65 bits per heavy atom. The summed E-state index contributed by atoms with van der Waals surface area (Å²) in [7, 11) is 0. The van der Waals surface area contributed by atoms with Crippen LogP contribution >= 0.6 is 23.2 Å². The second kappa shape index (κ2) is 5.94. The maximum atomic E-state index is 6.12. The number of ether oxygens (including phenoxy) is 1. The first-order valence-corrected chi connectivity index (χ1v) is 7.17. The predicted molar refractivity (Wildman–Crippen MR) is 86.2 cm³/mol. The van der Waals surface area contributed by atoms with Crippen LogP contribution < -0.4 is 10.5 Å². The van der Waals surface area contributed by atoms with Crippen molar-refractivity contribution >= 4 is 28.9 Å². The van der Waals surface area contributed by atoms with Gasteiger partial charge in [-0.2, -0.15) is 0 Å². The van der Waals surface area contributed by atoms with Crippen LogP contribution in [0.2, 0.25) is 10.0 Å². The minimum absolute atomic E-state index is 0.403. The van der Waals surface area contributed by atoms with Crippen LogP contribution in [0.5, 0.6) is 11.5 Å². The molecular weight excluding hydrogens is 293 g/mol. The largest absolute Gasteiger partial charge is 0.454 e. The van der Waals surface area contributed by atoms with E-state index in [1.807, 2.05) is 12.1 Å². The maximum Gasteiger partial charge on any atom is 0.164 e. The van der Waals surface area contributed by atoms with Gasteiger partial charge >= 0.3 is 0 Å². The van der Waals surface area contributed by atoms with Gasteiger partial charge in [-0.15, -0.1) is 0 Å². The molecule has 4 heteroatoms. The highest BCUT2D eigenvalue weighted by atomic mass is 35.5. The molecule has 2 aromatic carbocycles. The molecule has 0 saturated heterocycles. The van der Waals surface area contributed by atoms with Crippen molar-refractivity contribution in [3.05, 3.63) is 51.5 Å². The average Bonchev–Trinajstić information content (AvgIpc) is 2.33. The Balaban J connectivity index is 2.34. The van der Waals surface area contributed by atoms with E-state index in [2.05, 4.69) is 26.8 Å². The number of halogens is 2. The summed E-state index contributed by atoms with van der Waals surface area (Å²) in [6.07, 6.45) is 0. The Kier molecular flexibility index (Phi) is 4.46. The Labute approximate surface area is 129 Å². The van der Waals surface area contributed by atoms with Gasteiger partial charge in [-0.05, 0) is 48.2 Å². The third kappa shape index (κ3) is 3.20. The van der Waals surface area contributed by atoms with Gasteiger partial charge in [0.25, 0.3) is 0 Å². The number of nitrogen functional groups attached to an aromatic ring is 1. The summed E-state index contributed by atoms with van der Waals surface area (Å²) in [5.74, 6) is 1.62. The van der Waals surface area contributed by atoms with Gasteiger partial charge < -0.3 is 10.5 Å². The predicted octanol–water partition coefficient (Wildman–Crippen LogP) is 5.80. The van der Waals surface area contributed by atoms with E-state index in [1.165, 1.54) is 11.1 Å². The molecule has 0 saturated carbocycles. The standard InChI is InChI=1S/C16H17Cl2NO/c1-9(2)13-5-4-12(6-10(13)3)20-16-14(17)7-11(19)8-15(16)18/h4-9H,19H2,1-3H3. The number of hydrogen-bond donors (Lipinski definition) is 1. The molecule has 0 fully saturated rings. The second-order valence-electron chi connectivity index (χ2n) is 5.09. The number of aryl methyl sites for hydroxylation is 1. The van der Waals surface area contributed by atoms with Crippen LogP contribution in [-0.2, 0) is 0 Å². The average molecular weight is 310 g/mol. The van der Waals surface area contributed by atoms with Crippen LogP contribution in [0.25, 0.3) is 0 Å². The van der Waals surface area contributed by atoms with Crippen molar-refractivity contribution in [2.75, 3.05) is 5.73 Å². The lowest BCUT2D eigenvalue weighted by atomic mass is 9.98. The number of nitrogens with two attached hydrogens (primary N) is 1. The lowest BCUT2D eigenvalue weighted by Crippen LogP contribution is -1.94. The zero-order chi connectivity index (χ0) is 14.9. The van der Waals surface area contributed by atoms with Crippen LogP contribution in [-0.4, -0.2) is 0 Å². The summed E-state index contributed by atoms with van der Waals surface area (Å²) < 4.78 is 5.79. The molecule has 0 spiro atoms. The van der Waals surface area contributed by atoms with E-state index in [9.17, 15) is 0 Å². The van der Waals surface area contributed by atoms with Crippen LogP contribution in [0.1, 0.15) is 30.9 Å². The van der Waals surface area contributed by atoms with Crippen molar-refractivity contribution in [1.82, 2.24) is 0 Å². The van der Waals surface area contributed by atoms with Crippen LogP contribution in [0.15, 0.2) is 30.3 Å². The molecule has 2 nitrogen and oxygen atoms in total. The highest BCUT2D eigenvalue weighted by molar-refractivity contribution is 6.37. The van der Waals surface area contributed by atoms with E-state index in [0.29, 0.717) is 33.1 Å². The molecular formula is C16H17Cl2NO. The lowest BCUT2D eigenvalue weighted by Gasteiger charge is -2.14. The van der Waals surface area contributed by atoms with E-state index in [4.69, 9.17) is 33.7 Å². The normalized spacial score (nSPS) is 10.9. The molecule has 20 heavy (non-hydrogen) atoms. The summed E-state index contributed by atoms with van der Waals surface area (Å²) >= 11 is 12.2. The smallest absolute Gasteiger partial charge is 0.164 e. The molecule has 0 radical (unpaired) electrons. The van der Waals surface area contributed by atoms with Gasteiger partial charge in [0.15, 0.2) is 5.75 Å². The van der Waals surface area contributed by atoms with E-state index in [-0.39, 0.29) is 0 Å². The molecule has 0 heterocycles. The number of benzene rings is 2. The zero-order valence-electron chi connectivity index (χ0n) is 11.7. The number of hydrogen-bond acceptors (Lipinski definition) is 2.